The van der Waals surface area contributed by atoms with Gasteiger partial charge in [-0.15, -0.1) is 11.3 Å². The van der Waals surface area contributed by atoms with E-state index < -0.39 is 0 Å². The minimum absolute atomic E-state index is 0.0373. The molecule has 1 unspecified atom stereocenters. The molecule has 1 heterocycles. The summed E-state index contributed by atoms with van der Waals surface area (Å²) in [5.41, 5.74) is 5.73. The lowest BCUT2D eigenvalue weighted by Gasteiger charge is -2.02. The molecule has 0 aliphatic carbocycles. The van der Waals surface area contributed by atoms with Crippen molar-refractivity contribution in [1.29, 1.82) is 0 Å². The fourth-order valence-electron chi connectivity index (χ4n) is 1.32. The Balaban J connectivity index is 2.56. The summed E-state index contributed by atoms with van der Waals surface area (Å²) in [5.74, 6) is 0. The number of thiophene rings is 1. The average molecular weight is 228 g/mol. The molecule has 74 valence electrons. The molecule has 0 aliphatic heterocycles. The van der Waals surface area contributed by atoms with Crippen molar-refractivity contribution in [3.05, 3.63) is 34.2 Å². The summed E-state index contributed by atoms with van der Waals surface area (Å²) < 4.78 is 1.04. The largest absolute Gasteiger partial charge is 0.394 e. The summed E-state index contributed by atoms with van der Waals surface area (Å²) in [6, 6.07) is 7.43. The van der Waals surface area contributed by atoms with Crippen LogP contribution in [0.1, 0.15) is 10.9 Å². The van der Waals surface area contributed by atoms with Gasteiger partial charge in [-0.3, -0.25) is 0 Å². The standard InChI is InChI=1S/C10H10ClNOS/c11-7-3-1-2-6-4-9(8(12)5-13)14-10(6)7/h1-4,8,13H,5,12H2. The molecule has 0 radical (unpaired) electrons. The minimum atomic E-state index is -0.302. The van der Waals surface area contributed by atoms with Crippen LogP contribution in [0.5, 0.6) is 0 Å². The van der Waals surface area contributed by atoms with Crippen LogP contribution in [0.3, 0.4) is 0 Å². The maximum Gasteiger partial charge on any atom is 0.0632 e. The van der Waals surface area contributed by atoms with E-state index in [4.69, 9.17) is 22.4 Å². The van der Waals surface area contributed by atoms with Gasteiger partial charge in [0.1, 0.15) is 0 Å². The molecule has 2 aromatic rings. The number of nitrogens with two attached hydrogens (primary N) is 1. The smallest absolute Gasteiger partial charge is 0.0632 e. The van der Waals surface area contributed by atoms with Gasteiger partial charge in [-0.1, -0.05) is 23.7 Å². The number of hydrogen-bond acceptors (Lipinski definition) is 3. The SMILES string of the molecule is NC(CO)c1cc2cccc(Cl)c2s1. The number of hydrogen-bond donors (Lipinski definition) is 2. The molecule has 1 aromatic carbocycles. The lowest BCUT2D eigenvalue weighted by atomic mass is 10.2. The predicted octanol–water partition coefficient (Wildman–Crippen LogP) is 2.55. The van der Waals surface area contributed by atoms with Gasteiger partial charge >= 0.3 is 0 Å². The van der Waals surface area contributed by atoms with Crippen molar-refractivity contribution < 1.29 is 5.11 Å². The molecule has 0 amide bonds. The van der Waals surface area contributed by atoms with Crippen molar-refractivity contribution >= 4 is 33.0 Å². The molecule has 4 heteroatoms. The normalized spacial score (nSPS) is 13.4. The number of benzene rings is 1. The first-order valence-corrected chi connectivity index (χ1v) is 5.46. The molecule has 0 bridgehead atoms. The van der Waals surface area contributed by atoms with Crippen LogP contribution in [0.25, 0.3) is 10.1 Å². The lowest BCUT2D eigenvalue weighted by molar-refractivity contribution is 0.269. The summed E-state index contributed by atoms with van der Waals surface area (Å²) in [6.07, 6.45) is 0. The first kappa shape index (κ1) is 9.93. The maximum atomic E-state index is 8.93. The molecule has 2 nitrogen and oxygen atoms in total. The van der Waals surface area contributed by atoms with E-state index in [0.29, 0.717) is 0 Å². The van der Waals surface area contributed by atoms with E-state index in [1.807, 2.05) is 24.3 Å². The maximum absolute atomic E-state index is 8.93. The molecule has 0 saturated carbocycles. The minimum Gasteiger partial charge on any atom is -0.394 e. The Morgan fingerprint density at radius 2 is 2.29 bits per heavy atom. The predicted molar refractivity (Wildman–Crippen MR) is 60.8 cm³/mol. The van der Waals surface area contributed by atoms with E-state index in [2.05, 4.69) is 0 Å². The Morgan fingerprint density at radius 1 is 1.50 bits per heavy atom. The zero-order valence-electron chi connectivity index (χ0n) is 7.40. The molecular formula is C10H10ClNOS. The quantitative estimate of drug-likeness (QED) is 0.828. The highest BCUT2D eigenvalue weighted by Crippen LogP contribution is 2.33. The number of aliphatic hydroxyl groups is 1. The van der Waals surface area contributed by atoms with Crippen molar-refractivity contribution in [3.63, 3.8) is 0 Å². The van der Waals surface area contributed by atoms with Gasteiger partial charge in [0.05, 0.1) is 22.4 Å². The van der Waals surface area contributed by atoms with Gasteiger partial charge < -0.3 is 10.8 Å². The van der Waals surface area contributed by atoms with Crippen molar-refractivity contribution in [2.75, 3.05) is 6.61 Å². The highest BCUT2D eigenvalue weighted by molar-refractivity contribution is 7.19. The number of halogens is 1. The van der Waals surface area contributed by atoms with Crippen LogP contribution < -0.4 is 5.73 Å². The van der Waals surface area contributed by atoms with E-state index in [0.717, 1.165) is 20.0 Å². The molecule has 1 atom stereocenters. The third-order valence-electron chi connectivity index (χ3n) is 2.08. The van der Waals surface area contributed by atoms with Crippen LogP contribution in [0.2, 0.25) is 5.02 Å². The Labute approximate surface area is 90.9 Å². The van der Waals surface area contributed by atoms with Gasteiger partial charge in [0.25, 0.3) is 0 Å². The molecule has 0 aliphatic rings. The van der Waals surface area contributed by atoms with Crippen LogP contribution in [-0.2, 0) is 0 Å². The third kappa shape index (κ3) is 1.64. The summed E-state index contributed by atoms with van der Waals surface area (Å²) >= 11 is 7.56. The van der Waals surface area contributed by atoms with E-state index >= 15 is 0 Å². The first-order chi connectivity index (χ1) is 6.72. The zero-order valence-corrected chi connectivity index (χ0v) is 8.98. The number of fused-ring (bicyclic) bond motifs is 1. The van der Waals surface area contributed by atoms with Crippen molar-refractivity contribution in [2.45, 2.75) is 6.04 Å². The topological polar surface area (TPSA) is 46.2 Å². The van der Waals surface area contributed by atoms with E-state index in [9.17, 15) is 0 Å². The fraction of sp³-hybridized carbons (Fsp3) is 0.200. The van der Waals surface area contributed by atoms with Gasteiger partial charge in [-0.2, -0.15) is 0 Å². The second kappa shape index (κ2) is 3.87. The van der Waals surface area contributed by atoms with Gasteiger partial charge in [0, 0.05) is 4.88 Å². The second-order valence-corrected chi connectivity index (χ2v) is 4.59. The van der Waals surface area contributed by atoms with E-state index in [-0.39, 0.29) is 12.6 Å². The number of aliphatic hydroxyl groups excluding tert-OH is 1. The lowest BCUT2D eigenvalue weighted by Crippen LogP contribution is -2.12. The van der Waals surface area contributed by atoms with Gasteiger partial charge in [-0.25, -0.2) is 0 Å². The van der Waals surface area contributed by atoms with Gasteiger partial charge in [0.2, 0.25) is 0 Å². The molecular weight excluding hydrogens is 218 g/mol. The summed E-state index contributed by atoms with van der Waals surface area (Å²) in [4.78, 5) is 0.968. The first-order valence-electron chi connectivity index (χ1n) is 4.27. The molecule has 14 heavy (non-hydrogen) atoms. The molecule has 0 saturated heterocycles. The monoisotopic (exact) mass is 227 g/mol. The summed E-state index contributed by atoms with van der Waals surface area (Å²) in [7, 11) is 0. The number of rotatable bonds is 2. The van der Waals surface area contributed by atoms with Crippen molar-refractivity contribution in [1.82, 2.24) is 0 Å². The Hall–Kier alpha value is -0.610. The van der Waals surface area contributed by atoms with E-state index in [1.54, 1.807) is 0 Å². The molecule has 0 spiro atoms. The summed E-state index contributed by atoms with van der Waals surface area (Å²) in [6.45, 7) is -0.0373. The van der Waals surface area contributed by atoms with Crippen LogP contribution in [0.15, 0.2) is 24.3 Å². The third-order valence-corrected chi connectivity index (χ3v) is 3.82. The van der Waals surface area contributed by atoms with Crippen molar-refractivity contribution in [3.8, 4) is 0 Å². The summed E-state index contributed by atoms with van der Waals surface area (Å²) in [5, 5.41) is 10.8. The highest BCUT2D eigenvalue weighted by Gasteiger charge is 2.10. The van der Waals surface area contributed by atoms with Gasteiger partial charge in [-0.05, 0) is 17.5 Å². The fourth-order valence-corrected chi connectivity index (χ4v) is 2.68. The Bertz CT molecular complexity index is 454. The van der Waals surface area contributed by atoms with Crippen LogP contribution >= 0.6 is 22.9 Å². The average Bonchev–Trinajstić information content (AvgIpc) is 2.62. The highest BCUT2D eigenvalue weighted by atomic mass is 35.5. The molecule has 2 rings (SSSR count). The molecule has 3 N–H and O–H groups in total. The van der Waals surface area contributed by atoms with Gasteiger partial charge in [0.15, 0.2) is 0 Å². The van der Waals surface area contributed by atoms with Crippen LogP contribution in [-0.4, -0.2) is 11.7 Å². The van der Waals surface area contributed by atoms with Crippen LogP contribution in [0, 0.1) is 0 Å². The van der Waals surface area contributed by atoms with E-state index in [1.165, 1.54) is 11.3 Å². The second-order valence-electron chi connectivity index (χ2n) is 3.10. The van der Waals surface area contributed by atoms with Crippen molar-refractivity contribution in [2.24, 2.45) is 5.73 Å². The molecule has 1 aromatic heterocycles. The molecule has 0 fully saturated rings. The Morgan fingerprint density at radius 3 is 2.93 bits per heavy atom. The van der Waals surface area contributed by atoms with Crippen LogP contribution in [0.4, 0.5) is 0 Å². The zero-order chi connectivity index (χ0) is 10.1. The Kier molecular flexibility index (Phi) is 2.74.